The van der Waals surface area contributed by atoms with Gasteiger partial charge in [0.15, 0.2) is 11.1 Å². The van der Waals surface area contributed by atoms with Crippen molar-refractivity contribution in [3.05, 3.63) is 40.9 Å². The number of rotatable bonds is 10. The zero-order valence-corrected chi connectivity index (χ0v) is 21.5. The molecule has 4 rings (SSSR count). The van der Waals surface area contributed by atoms with E-state index in [1.807, 2.05) is 12.1 Å². The lowest BCUT2D eigenvalue weighted by atomic mass is 10.2. The third kappa shape index (κ3) is 7.52. The molecule has 170 valence electrons. The first-order chi connectivity index (χ1) is 14.8. The molecule has 31 heavy (non-hydrogen) atoms. The number of nitrogens with one attached hydrogen (secondary N) is 2. The fourth-order valence-electron chi connectivity index (χ4n) is 3.55. The number of aliphatic imine (C=N–C) groups is 1. The number of aromatic nitrogens is 1. The molecule has 6 nitrogen and oxygen atoms in total. The van der Waals surface area contributed by atoms with Gasteiger partial charge in [-0.25, -0.2) is 9.98 Å². The van der Waals surface area contributed by atoms with Crippen molar-refractivity contribution in [2.24, 2.45) is 10.9 Å². The molecule has 2 fully saturated rings. The number of hydrogen-bond donors (Lipinski definition) is 2. The quantitative estimate of drug-likeness (QED) is 0.258. The van der Waals surface area contributed by atoms with Crippen molar-refractivity contribution in [1.82, 2.24) is 15.6 Å². The standard InChI is InChI=1S/C23H33N5OS.HI/c1-2-24-22(25-12-11-20-17-30-23(27-20)28-13-5-6-14-28)26-15-19-7-3-4-8-21(19)29-16-18-9-10-18;/h3-4,7-8,17-18H,2,5-6,9-16H2,1H3,(H2,24,25,26);1H. The van der Waals surface area contributed by atoms with E-state index in [0.29, 0.717) is 6.54 Å². The van der Waals surface area contributed by atoms with Crippen molar-refractivity contribution >= 4 is 46.4 Å². The Morgan fingerprint density at radius 3 is 2.81 bits per heavy atom. The summed E-state index contributed by atoms with van der Waals surface area (Å²) in [5, 5.41) is 10.1. The first-order valence-electron chi connectivity index (χ1n) is 11.2. The number of benzene rings is 1. The predicted molar refractivity (Wildman–Crippen MR) is 140 cm³/mol. The molecule has 2 heterocycles. The highest BCUT2D eigenvalue weighted by Gasteiger charge is 2.22. The Morgan fingerprint density at radius 2 is 2.03 bits per heavy atom. The van der Waals surface area contributed by atoms with Crippen LogP contribution in [0.5, 0.6) is 5.75 Å². The molecule has 1 aliphatic heterocycles. The fraction of sp³-hybridized carbons (Fsp3) is 0.565. The Labute approximate surface area is 206 Å². The van der Waals surface area contributed by atoms with Crippen LogP contribution in [-0.4, -0.2) is 43.7 Å². The van der Waals surface area contributed by atoms with Gasteiger partial charge in [0.1, 0.15) is 5.75 Å². The number of halogens is 1. The molecule has 0 bridgehead atoms. The summed E-state index contributed by atoms with van der Waals surface area (Å²) < 4.78 is 6.02. The summed E-state index contributed by atoms with van der Waals surface area (Å²) in [5.74, 6) is 2.54. The summed E-state index contributed by atoms with van der Waals surface area (Å²) in [4.78, 5) is 12.0. The minimum atomic E-state index is 0. The Kier molecular flexibility index (Phi) is 9.70. The topological polar surface area (TPSA) is 61.8 Å². The number of hydrogen-bond acceptors (Lipinski definition) is 5. The van der Waals surface area contributed by atoms with Gasteiger partial charge in [-0.2, -0.15) is 0 Å². The summed E-state index contributed by atoms with van der Waals surface area (Å²) in [6.45, 7) is 7.46. The first kappa shape index (κ1) is 24.1. The molecule has 1 aliphatic carbocycles. The number of para-hydroxylation sites is 1. The predicted octanol–water partition coefficient (Wildman–Crippen LogP) is 4.45. The second-order valence-corrected chi connectivity index (χ2v) is 8.89. The molecule has 2 N–H and O–H groups in total. The zero-order valence-electron chi connectivity index (χ0n) is 18.3. The van der Waals surface area contributed by atoms with Gasteiger partial charge in [0.05, 0.1) is 18.8 Å². The molecular weight excluding hydrogens is 521 g/mol. The normalized spacial score (nSPS) is 16.2. The van der Waals surface area contributed by atoms with Crippen LogP contribution in [0, 0.1) is 5.92 Å². The van der Waals surface area contributed by atoms with Crippen LogP contribution in [0.1, 0.15) is 43.9 Å². The van der Waals surface area contributed by atoms with Gasteiger partial charge in [0.25, 0.3) is 0 Å². The van der Waals surface area contributed by atoms with Gasteiger partial charge in [-0.15, -0.1) is 35.3 Å². The van der Waals surface area contributed by atoms with Crippen molar-refractivity contribution in [2.45, 2.75) is 45.6 Å². The zero-order chi connectivity index (χ0) is 20.6. The molecule has 2 aliphatic rings. The van der Waals surface area contributed by atoms with E-state index >= 15 is 0 Å². The van der Waals surface area contributed by atoms with Crippen molar-refractivity contribution in [2.75, 3.05) is 37.7 Å². The number of anilines is 1. The lowest BCUT2D eigenvalue weighted by Crippen LogP contribution is -2.38. The lowest BCUT2D eigenvalue weighted by Gasteiger charge is -2.13. The summed E-state index contributed by atoms with van der Waals surface area (Å²) in [6, 6.07) is 8.23. The summed E-state index contributed by atoms with van der Waals surface area (Å²) >= 11 is 1.76. The molecule has 1 saturated carbocycles. The smallest absolute Gasteiger partial charge is 0.191 e. The molecule has 2 aromatic rings. The molecule has 8 heteroatoms. The highest BCUT2D eigenvalue weighted by Crippen LogP contribution is 2.30. The van der Waals surface area contributed by atoms with E-state index in [4.69, 9.17) is 14.7 Å². The molecule has 1 aromatic heterocycles. The van der Waals surface area contributed by atoms with Gasteiger partial charge in [-0.05, 0) is 44.6 Å². The highest BCUT2D eigenvalue weighted by atomic mass is 127. The second-order valence-electron chi connectivity index (χ2n) is 8.05. The van der Waals surface area contributed by atoms with Crippen LogP contribution in [0.4, 0.5) is 5.13 Å². The SMILES string of the molecule is CCNC(=NCc1ccccc1OCC1CC1)NCCc1csc(N2CCCC2)n1.I. The van der Waals surface area contributed by atoms with Crippen molar-refractivity contribution in [3.63, 3.8) is 0 Å². The van der Waals surface area contributed by atoms with Gasteiger partial charge in [0.2, 0.25) is 0 Å². The van der Waals surface area contributed by atoms with Crippen LogP contribution in [0.3, 0.4) is 0 Å². The molecule has 0 unspecified atom stereocenters. The highest BCUT2D eigenvalue weighted by molar-refractivity contribution is 14.0. The largest absolute Gasteiger partial charge is 0.493 e. The first-order valence-corrected chi connectivity index (χ1v) is 12.1. The average Bonchev–Trinajstić information content (AvgIpc) is 3.22. The van der Waals surface area contributed by atoms with Crippen molar-refractivity contribution in [3.8, 4) is 5.75 Å². The monoisotopic (exact) mass is 555 g/mol. The van der Waals surface area contributed by atoms with Crippen LogP contribution >= 0.6 is 35.3 Å². The summed E-state index contributed by atoms with van der Waals surface area (Å²) in [5.41, 5.74) is 2.29. The van der Waals surface area contributed by atoms with Crippen molar-refractivity contribution in [1.29, 1.82) is 0 Å². The number of guanidine groups is 1. The Hall–Kier alpha value is -1.55. The van der Waals surface area contributed by atoms with Gasteiger partial charge in [-0.3, -0.25) is 0 Å². The van der Waals surface area contributed by atoms with Crippen LogP contribution in [0.15, 0.2) is 34.6 Å². The second kappa shape index (κ2) is 12.5. The van der Waals surface area contributed by atoms with Crippen LogP contribution in [0.2, 0.25) is 0 Å². The summed E-state index contributed by atoms with van der Waals surface area (Å²) in [7, 11) is 0. The van der Waals surface area contributed by atoms with Crippen LogP contribution < -0.4 is 20.3 Å². The average molecular weight is 556 g/mol. The fourth-order valence-corrected chi connectivity index (χ4v) is 4.46. The summed E-state index contributed by atoms with van der Waals surface area (Å²) in [6.07, 6.45) is 6.07. The van der Waals surface area contributed by atoms with E-state index in [9.17, 15) is 0 Å². The third-order valence-electron chi connectivity index (χ3n) is 5.49. The van der Waals surface area contributed by atoms with E-state index in [1.165, 1.54) is 30.8 Å². The van der Waals surface area contributed by atoms with E-state index in [1.54, 1.807) is 11.3 Å². The molecule has 1 aromatic carbocycles. The van der Waals surface area contributed by atoms with Gasteiger partial charge < -0.3 is 20.3 Å². The van der Waals surface area contributed by atoms with E-state index in [2.05, 4.69) is 40.0 Å². The minimum absolute atomic E-state index is 0. The molecule has 0 atom stereocenters. The van der Waals surface area contributed by atoms with Crippen molar-refractivity contribution < 1.29 is 4.74 Å². The molecule has 0 amide bonds. The molecule has 0 spiro atoms. The maximum atomic E-state index is 6.02. The number of thiazole rings is 1. The Morgan fingerprint density at radius 1 is 1.23 bits per heavy atom. The Bertz CT molecular complexity index is 833. The molecule has 0 radical (unpaired) electrons. The van der Waals surface area contributed by atoms with Crippen LogP contribution in [-0.2, 0) is 13.0 Å². The van der Waals surface area contributed by atoms with E-state index in [0.717, 1.165) is 68.1 Å². The third-order valence-corrected chi connectivity index (χ3v) is 6.44. The molecular formula is C23H34IN5OS. The van der Waals surface area contributed by atoms with Gasteiger partial charge in [0, 0.05) is 43.5 Å². The maximum absolute atomic E-state index is 6.02. The van der Waals surface area contributed by atoms with E-state index in [-0.39, 0.29) is 24.0 Å². The van der Waals surface area contributed by atoms with E-state index < -0.39 is 0 Å². The minimum Gasteiger partial charge on any atom is -0.493 e. The lowest BCUT2D eigenvalue weighted by molar-refractivity contribution is 0.297. The Balaban J connectivity index is 0.00000272. The molecule has 1 saturated heterocycles. The van der Waals surface area contributed by atoms with Gasteiger partial charge >= 0.3 is 0 Å². The van der Waals surface area contributed by atoms with Gasteiger partial charge in [-0.1, -0.05) is 18.2 Å². The number of ether oxygens (including phenoxy) is 1. The number of nitrogens with zero attached hydrogens (tertiary/aromatic N) is 3. The van der Waals surface area contributed by atoms with Crippen LogP contribution in [0.25, 0.3) is 0 Å². The maximum Gasteiger partial charge on any atom is 0.191 e.